The summed E-state index contributed by atoms with van der Waals surface area (Å²) in [5.74, 6) is -0.209. The van der Waals surface area contributed by atoms with Crippen molar-refractivity contribution in [3.8, 4) is 0 Å². The average molecular weight is 308 g/mol. The van der Waals surface area contributed by atoms with E-state index in [1.54, 1.807) is 0 Å². The molecular formula is C17H24O5. The molecule has 0 spiro atoms. The Bertz CT molecular complexity index is 515. The third-order valence-corrected chi connectivity index (χ3v) is 5.94. The first-order valence-electron chi connectivity index (χ1n) is 7.89. The number of hydrogen-bond acceptors (Lipinski definition) is 5. The lowest BCUT2D eigenvalue weighted by molar-refractivity contribution is -0.208. The Hall–Kier alpha value is -1.36. The highest BCUT2D eigenvalue weighted by atomic mass is 16.5. The number of hydrogen-bond donors (Lipinski definition) is 1. The molecule has 0 saturated heterocycles. The van der Waals surface area contributed by atoms with Gasteiger partial charge in [-0.15, -0.1) is 0 Å². The topological polar surface area (TPSA) is 72.8 Å². The van der Waals surface area contributed by atoms with Crippen LogP contribution < -0.4 is 0 Å². The zero-order valence-electron chi connectivity index (χ0n) is 13.1. The van der Waals surface area contributed by atoms with Gasteiger partial charge in [0.15, 0.2) is 0 Å². The Morgan fingerprint density at radius 2 is 1.91 bits per heavy atom. The Morgan fingerprint density at radius 3 is 2.55 bits per heavy atom. The van der Waals surface area contributed by atoms with Crippen molar-refractivity contribution in [2.75, 3.05) is 20.3 Å². The minimum atomic E-state index is -0.516. The maximum atomic E-state index is 12.4. The average Bonchev–Trinajstić information content (AvgIpc) is 2.50. The van der Waals surface area contributed by atoms with Crippen LogP contribution in [0.25, 0.3) is 0 Å². The standard InChI is InChI=1S/C17H24O5/c1-3-13(19)22-11-16-5-12-4-15(7-16,10-18)8-17(6-12,9-16)14(20)21-2/h3,12,18H,1,4-11H2,2H3. The molecule has 0 amide bonds. The minimum Gasteiger partial charge on any atom is -0.469 e. The summed E-state index contributed by atoms with van der Waals surface area (Å²) in [6.45, 7) is 3.81. The predicted molar refractivity (Wildman–Crippen MR) is 78.7 cm³/mol. The van der Waals surface area contributed by atoms with Crippen molar-refractivity contribution >= 4 is 11.9 Å². The second kappa shape index (κ2) is 5.08. The van der Waals surface area contributed by atoms with Gasteiger partial charge in [0.1, 0.15) is 0 Å². The highest BCUT2D eigenvalue weighted by molar-refractivity contribution is 5.81. The van der Waals surface area contributed by atoms with E-state index in [0.29, 0.717) is 25.4 Å². The first-order chi connectivity index (χ1) is 10.4. The first kappa shape index (κ1) is 15.5. The molecule has 0 aliphatic heterocycles. The number of ether oxygens (including phenoxy) is 2. The van der Waals surface area contributed by atoms with E-state index >= 15 is 0 Å². The molecule has 4 bridgehead atoms. The van der Waals surface area contributed by atoms with Crippen LogP contribution in [-0.2, 0) is 19.1 Å². The molecule has 4 atom stereocenters. The highest BCUT2D eigenvalue weighted by Gasteiger charge is 2.66. The molecule has 0 aromatic carbocycles. The molecule has 5 nitrogen and oxygen atoms in total. The van der Waals surface area contributed by atoms with Gasteiger partial charge < -0.3 is 14.6 Å². The lowest BCUT2D eigenvalue weighted by Crippen LogP contribution is -2.61. The van der Waals surface area contributed by atoms with Gasteiger partial charge in [-0.3, -0.25) is 4.79 Å². The monoisotopic (exact) mass is 308 g/mol. The molecule has 0 radical (unpaired) electrons. The number of carbonyl (C=O) groups is 2. The van der Waals surface area contributed by atoms with E-state index in [0.717, 1.165) is 25.7 Å². The molecule has 4 fully saturated rings. The SMILES string of the molecule is C=CC(=O)OCC12CC3CC(CO)(C1)CC(C(=O)OC)(C3)C2. The quantitative estimate of drug-likeness (QED) is 0.620. The Morgan fingerprint density at radius 1 is 1.23 bits per heavy atom. The fourth-order valence-electron chi connectivity index (χ4n) is 5.91. The van der Waals surface area contributed by atoms with Crippen LogP contribution in [-0.4, -0.2) is 37.4 Å². The molecule has 4 unspecified atom stereocenters. The molecular weight excluding hydrogens is 284 g/mol. The van der Waals surface area contributed by atoms with E-state index in [-0.39, 0.29) is 23.4 Å². The number of aliphatic hydroxyl groups is 1. The Kier molecular flexibility index (Phi) is 3.59. The van der Waals surface area contributed by atoms with Gasteiger partial charge in [-0.05, 0) is 49.9 Å². The highest BCUT2D eigenvalue weighted by Crippen LogP contribution is 2.69. The summed E-state index contributed by atoms with van der Waals surface area (Å²) in [5.41, 5.74) is -0.958. The van der Waals surface area contributed by atoms with Crippen LogP contribution in [0, 0.1) is 22.2 Å². The number of carbonyl (C=O) groups excluding carboxylic acids is 2. The summed E-state index contributed by atoms with van der Waals surface area (Å²) in [4.78, 5) is 23.9. The van der Waals surface area contributed by atoms with E-state index < -0.39 is 11.4 Å². The Labute approximate surface area is 130 Å². The van der Waals surface area contributed by atoms with Gasteiger partial charge in [0.25, 0.3) is 0 Å². The van der Waals surface area contributed by atoms with Crippen molar-refractivity contribution in [2.24, 2.45) is 22.2 Å². The second-order valence-corrected chi connectivity index (χ2v) is 7.75. The third-order valence-electron chi connectivity index (χ3n) is 5.94. The maximum absolute atomic E-state index is 12.4. The van der Waals surface area contributed by atoms with Crippen molar-refractivity contribution < 1.29 is 24.2 Å². The zero-order chi connectivity index (χ0) is 16.0. The van der Waals surface area contributed by atoms with Crippen LogP contribution in [0.3, 0.4) is 0 Å². The van der Waals surface area contributed by atoms with Crippen LogP contribution in [0.5, 0.6) is 0 Å². The lowest BCUT2D eigenvalue weighted by Gasteiger charge is -2.64. The van der Waals surface area contributed by atoms with Crippen molar-refractivity contribution in [1.29, 1.82) is 0 Å². The molecule has 4 saturated carbocycles. The maximum Gasteiger partial charge on any atom is 0.330 e. The van der Waals surface area contributed by atoms with E-state index in [1.165, 1.54) is 13.2 Å². The molecule has 4 aliphatic rings. The zero-order valence-corrected chi connectivity index (χ0v) is 13.1. The first-order valence-corrected chi connectivity index (χ1v) is 7.89. The second-order valence-electron chi connectivity index (χ2n) is 7.75. The van der Waals surface area contributed by atoms with Gasteiger partial charge >= 0.3 is 11.9 Å². The summed E-state index contributed by atoms with van der Waals surface area (Å²) >= 11 is 0. The minimum absolute atomic E-state index is 0.0827. The molecule has 0 aromatic heterocycles. The van der Waals surface area contributed by atoms with E-state index in [1.807, 2.05) is 0 Å². The number of methoxy groups -OCH3 is 1. The molecule has 4 aliphatic carbocycles. The van der Waals surface area contributed by atoms with Gasteiger partial charge in [0.2, 0.25) is 0 Å². The summed E-state index contributed by atoms with van der Waals surface area (Å²) in [5, 5.41) is 9.96. The largest absolute Gasteiger partial charge is 0.469 e. The summed E-state index contributed by atoms with van der Waals surface area (Å²) in [6.07, 6.45) is 6.11. The smallest absolute Gasteiger partial charge is 0.330 e. The summed E-state index contributed by atoms with van der Waals surface area (Å²) in [6, 6.07) is 0. The van der Waals surface area contributed by atoms with Crippen LogP contribution in [0.4, 0.5) is 0 Å². The van der Waals surface area contributed by atoms with Crippen molar-refractivity contribution in [3.63, 3.8) is 0 Å². The van der Waals surface area contributed by atoms with Crippen LogP contribution in [0.15, 0.2) is 12.7 Å². The predicted octanol–water partition coefficient (Wildman–Crippen LogP) is 1.84. The van der Waals surface area contributed by atoms with E-state index in [2.05, 4.69) is 6.58 Å². The summed E-state index contributed by atoms with van der Waals surface area (Å²) in [7, 11) is 1.43. The van der Waals surface area contributed by atoms with Crippen molar-refractivity contribution in [1.82, 2.24) is 0 Å². The van der Waals surface area contributed by atoms with Crippen molar-refractivity contribution in [3.05, 3.63) is 12.7 Å². The van der Waals surface area contributed by atoms with Gasteiger partial charge in [-0.25, -0.2) is 4.79 Å². The van der Waals surface area contributed by atoms with Gasteiger partial charge in [-0.2, -0.15) is 0 Å². The number of rotatable bonds is 5. The molecule has 22 heavy (non-hydrogen) atoms. The molecule has 4 rings (SSSR count). The molecule has 1 N–H and O–H groups in total. The van der Waals surface area contributed by atoms with Crippen LogP contribution in [0.2, 0.25) is 0 Å². The van der Waals surface area contributed by atoms with Crippen LogP contribution in [0.1, 0.15) is 38.5 Å². The fourth-order valence-corrected chi connectivity index (χ4v) is 5.91. The van der Waals surface area contributed by atoms with Gasteiger partial charge in [-0.1, -0.05) is 6.58 Å². The fraction of sp³-hybridized carbons (Fsp3) is 0.765. The van der Waals surface area contributed by atoms with E-state index in [4.69, 9.17) is 9.47 Å². The van der Waals surface area contributed by atoms with Gasteiger partial charge in [0, 0.05) is 18.1 Å². The Balaban J connectivity index is 1.90. The number of esters is 2. The normalized spacial score (nSPS) is 42.0. The molecule has 0 aromatic rings. The van der Waals surface area contributed by atoms with Gasteiger partial charge in [0.05, 0.1) is 19.1 Å². The molecule has 5 heteroatoms. The summed E-state index contributed by atoms with van der Waals surface area (Å²) < 4.78 is 10.4. The third kappa shape index (κ3) is 2.26. The molecule has 0 heterocycles. The molecule has 122 valence electrons. The number of aliphatic hydroxyl groups excluding tert-OH is 1. The lowest BCUT2D eigenvalue weighted by atomic mass is 9.39. The van der Waals surface area contributed by atoms with Crippen molar-refractivity contribution in [2.45, 2.75) is 38.5 Å². The van der Waals surface area contributed by atoms with Crippen LogP contribution >= 0.6 is 0 Å². The van der Waals surface area contributed by atoms with E-state index in [9.17, 15) is 14.7 Å².